The number of carbonyl (C=O) groups is 1. The van der Waals surface area contributed by atoms with Crippen molar-refractivity contribution in [3.63, 3.8) is 0 Å². The van der Waals surface area contributed by atoms with Crippen LogP contribution in [0.25, 0.3) is 0 Å². The number of thioether (sulfide) groups is 1. The van der Waals surface area contributed by atoms with Crippen LogP contribution in [-0.2, 0) is 24.1 Å². The number of carboxylic acids is 1. The number of carboxylic acid groups (broad SMARTS) is 1. The molecular formula is C24H26N4O4S. The molecule has 0 amide bonds. The first-order valence-electron chi connectivity index (χ1n) is 11.1. The smallest absolute Gasteiger partial charge is 0.303 e. The Labute approximate surface area is 196 Å². The molecule has 1 unspecified atom stereocenters. The molecule has 8 nitrogen and oxygen atoms in total. The van der Waals surface area contributed by atoms with E-state index in [-0.39, 0.29) is 19.1 Å². The van der Waals surface area contributed by atoms with Crippen LogP contribution in [0.4, 0.5) is 5.82 Å². The molecule has 172 valence electrons. The molecule has 0 saturated heterocycles. The first-order chi connectivity index (χ1) is 16.1. The molecule has 4 heterocycles. The summed E-state index contributed by atoms with van der Waals surface area (Å²) >= 11 is 1.67. The quantitative estimate of drug-likeness (QED) is 0.406. The molecule has 0 bridgehead atoms. The van der Waals surface area contributed by atoms with Crippen molar-refractivity contribution in [3.8, 4) is 11.5 Å². The van der Waals surface area contributed by atoms with Gasteiger partial charge < -0.3 is 19.9 Å². The summed E-state index contributed by atoms with van der Waals surface area (Å²) in [6.45, 7) is 1.18. The number of anilines is 1. The zero-order valence-electron chi connectivity index (χ0n) is 18.2. The highest BCUT2D eigenvalue weighted by atomic mass is 32.2. The number of nitrogens with zero attached hydrogens (tertiary/aromatic N) is 2. The Morgan fingerprint density at radius 1 is 1.18 bits per heavy atom. The second-order valence-electron chi connectivity index (χ2n) is 8.28. The Bertz CT molecular complexity index is 1150. The van der Waals surface area contributed by atoms with Crippen molar-refractivity contribution in [2.45, 2.75) is 43.0 Å². The van der Waals surface area contributed by atoms with E-state index in [1.54, 1.807) is 11.8 Å². The Kier molecular flexibility index (Phi) is 6.39. The highest BCUT2D eigenvalue weighted by Gasteiger charge is 2.21. The van der Waals surface area contributed by atoms with Crippen molar-refractivity contribution >= 4 is 23.5 Å². The molecule has 0 spiro atoms. The minimum Gasteiger partial charge on any atom is -0.481 e. The van der Waals surface area contributed by atoms with Gasteiger partial charge in [0.05, 0.1) is 6.42 Å². The summed E-state index contributed by atoms with van der Waals surface area (Å²) in [7, 11) is 0. The van der Waals surface area contributed by atoms with Gasteiger partial charge in [0.15, 0.2) is 11.5 Å². The fourth-order valence-electron chi connectivity index (χ4n) is 4.24. The molecule has 1 aromatic carbocycles. The first-order valence-corrected chi connectivity index (χ1v) is 12.1. The van der Waals surface area contributed by atoms with E-state index >= 15 is 0 Å². The van der Waals surface area contributed by atoms with Crippen LogP contribution in [0, 0.1) is 0 Å². The number of pyridine rings is 1. The van der Waals surface area contributed by atoms with E-state index in [0.717, 1.165) is 59.4 Å². The molecule has 0 saturated carbocycles. The lowest BCUT2D eigenvalue weighted by Gasteiger charge is -2.17. The van der Waals surface area contributed by atoms with E-state index in [1.807, 2.05) is 24.3 Å². The fraction of sp³-hybridized carbons (Fsp3) is 0.375. The number of hydrogen-bond acceptors (Lipinski definition) is 7. The topological polar surface area (TPSA) is 109 Å². The van der Waals surface area contributed by atoms with Gasteiger partial charge in [-0.3, -0.25) is 9.89 Å². The predicted molar refractivity (Wildman–Crippen MR) is 125 cm³/mol. The van der Waals surface area contributed by atoms with Crippen LogP contribution in [0.1, 0.15) is 41.3 Å². The summed E-state index contributed by atoms with van der Waals surface area (Å²) in [5.74, 6) is 2.23. The molecule has 0 fully saturated rings. The third kappa shape index (κ3) is 5.24. The number of fused-ring (bicyclic) bond motifs is 2. The second kappa shape index (κ2) is 9.74. The second-order valence-corrected chi connectivity index (χ2v) is 9.40. The molecule has 5 rings (SSSR count). The fourth-order valence-corrected chi connectivity index (χ4v) is 5.09. The number of aliphatic carboxylic acids is 1. The van der Waals surface area contributed by atoms with Gasteiger partial charge in [-0.15, -0.1) is 11.8 Å². The van der Waals surface area contributed by atoms with Crippen molar-refractivity contribution in [3.05, 3.63) is 58.9 Å². The van der Waals surface area contributed by atoms with Crippen LogP contribution < -0.4 is 14.8 Å². The number of hydrogen-bond donors (Lipinski definition) is 3. The van der Waals surface area contributed by atoms with E-state index in [2.05, 4.69) is 27.6 Å². The normalized spacial score (nSPS) is 15.0. The van der Waals surface area contributed by atoms with E-state index in [4.69, 9.17) is 14.5 Å². The van der Waals surface area contributed by atoms with Gasteiger partial charge in [0, 0.05) is 23.7 Å². The zero-order valence-corrected chi connectivity index (χ0v) is 19.0. The highest BCUT2D eigenvalue weighted by molar-refractivity contribution is 7.99. The molecule has 2 aliphatic rings. The van der Waals surface area contributed by atoms with Crippen molar-refractivity contribution in [1.82, 2.24) is 15.2 Å². The number of nitrogens with one attached hydrogen (secondary N) is 2. The number of H-pyrrole nitrogens is 1. The minimum atomic E-state index is -0.834. The average molecular weight is 467 g/mol. The predicted octanol–water partition coefficient (Wildman–Crippen LogP) is 4.03. The number of aromatic nitrogens is 3. The Morgan fingerprint density at radius 2 is 2.09 bits per heavy atom. The van der Waals surface area contributed by atoms with Crippen LogP contribution in [0.2, 0.25) is 0 Å². The maximum absolute atomic E-state index is 11.5. The SMILES string of the molecule is O=C(O)CC(Cc1cc(SCCc2ccc3c(n2)NCCC3)n[nH]1)c1ccc2c(c1)OCO2. The molecule has 1 atom stereocenters. The lowest BCUT2D eigenvalue weighted by atomic mass is 9.91. The van der Waals surface area contributed by atoms with Crippen LogP contribution in [-0.4, -0.2) is 45.3 Å². The van der Waals surface area contributed by atoms with Crippen LogP contribution in [0.3, 0.4) is 0 Å². The van der Waals surface area contributed by atoms with E-state index < -0.39 is 5.97 Å². The molecular weight excluding hydrogens is 440 g/mol. The summed E-state index contributed by atoms with van der Waals surface area (Å²) in [5, 5.41) is 21.2. The summed E-state index contributed by atoms with van der Waals surface area (Å²) < 4.78 is 10.8. The maximum atomic E-state index is 11.5. The van der Waals surface area contributed by atoms with Gasteiger partial charge in [0.2, 0.25) is 6.79 Å². The van der Waals surface area contributed by atoms with Crippen molar-refractivity contribution in [1.29, 1.82) is 0 Å². The minimum absolute atomic E-state index is 0.0270. The Hall–Kier alpha value is -3.20. The van der Waals surface area contributed by atoms with E-state index in [1.165, 1.54) is 5.56 Å². The Balaban J connectivity index is 1.19. The number of ether oxygens (including phenoxy) is 2. The third-order valence-corrected chi connectivity index (χ3v) is 6.84. The molecule has 2 aliphatic heterocycles. The number of aromatic amines is 1. The van der Waals surface area contributed by atoms with Crippen molar-refractivity contribution < 1.29 is 19.4 Å². The number of benzene rings is 1. The largest absolute Gasteiger partial charge is 0.481 e. The van der Waals surface area contributed by atoms with Crippen molar-refractivity contribution in [2.75, 3.05) is 24.4 Å². The molecule has 0 radical (unpaired) electrons. The molecule has 3 aromatic rings. The molecule has 33 heavy (non-hydrogen) atoms. The lowest BCUT2D eigenvalue weighted by molar-refractivity contribution is -0.137. The molecule has 2 aromatic heterocycles. The number of rotatable bonds is 9. The average Bonchev–Trinajstić information content (AvgIpc) is 3.47. The van der Waals surface area contributed by atoms with Gasteiger partial charge in [0.1, 0.15) is 10.8 Å². The summed E-state index contributed by atoms with van der Waals surface area (Å²) in [6.07, 6.45) is 3.69. The lowest BCUT2D eigenvalue weighted by Crippen LogP contribution is -2.14. The van der Waals surface area contributed by atoms with Gasteiger partial charge in [-0.1, -0.05) is 12.1 Å². The Morgan fingerprint density at radius 3 is 3.00 bits per heavy atom. The van der Waals surface area contributed by atoms with Gasteiger partial charge in [-0.05, 0) is 67.0 Å². The van der Waals surface area contributed by atoms with E-state index in [9.17, 15) is 9.90 Å². The first kappa shape index (κ1) is 21.6. The van der Waals surface area contributed by atoms with E-state index in [0.29, 0.717) is 17.9 Å². The third-order valence-electron chi connectivity index (χ3n) is 5.92. The number of aryl methyl sites for hydroxylation is 2. The van der Waals surface area contributed by atoms with Crippen LogP contribution in [0.15, 0.2) is 41.4 Å². The molecule has 3 N–H and O–H groups in total. The van der Waals surface area contributed by atoms with Gasteiger partial charge >= 0.3 is 5.97 Å². The van der Waals surface area contributed by atoms with Crippen molar-refractivity contribution in [2.24, 2.45) is 0 Å². The summed E-state index contributed by atoms with van der Waals surface area (Å²) in [4.78, 5) is 16.2. The zero-order chi connectivity index (χ0) is 22.6. The van der Waals surface area contributed by atoms with Gasteiger partial charge in [-0.2, -0.15) is 5.10 Å². The maximum Gasteiger partial charge on any atom is 0.303 e. The molecule has 0 aliphatic carbocycles. The molecule has 9 heteroatoms. The monoisotopic (exact) mass is 466 g/mol. The van der Waals surface area contributed by atoms with Gasteiger partial charge in [0.25, 0.3) is 0 Å². The van der Waals surface area contributed by atoms with Crippen LogP contribution in [0.5, 0.6) is 11.5 Å². The summed E-state index contributed by atoms with van der Waals surface area (Å²) in [6, 6.07) is 11.9. The van der Waals surface area contributed by atoms with Gasteiger partial charge in [-0.25, -0.2) is 4.98 Å². The summed E-state index contributed by atoms with van der Waals surface area (Å²) in [5.41, 5.74) is 4.21. The standard InChI is InChI=1S/C24H26N4O4S/c29-23(30)12-17(16-4-6-20-21(11-16)32-14-31-20)10-19-13-22(28-27-19)33-9-7-18-5-3-15-2-1-8-25-24(15)26-18/h3-6,11,13,17H,1-2,7-10,12,14H2,(H,25,26)(H,27,28)(H,29,30). The van der Waals surface area contributed by atoms with Crippen LogP contribution >= 0.6 is 11.8 Å². The highest BCUT2D eigenvalue weighted by Crippen LogP contribution is 2.36.